The summed E-state index contributed by atoms with van der Waals surface area (Å²) in [6.07, 6.45) is 2.33. The standard InChI is InChI=1S/C27H28N4O3S/c1-19-3-7-22(8-4-19)17-31-18-25(26(30-31)23-11-5-20(2)6-12-23)27(32)29-16-15-21-9-13-24(14-10-21)35(28,33)34/h3-14,18H,15-17H2,1-2H3,(H,29,32)(H2,28,33,34). The van der Waals surface area contributed by atoms with Gasteiger partial charge in [-0.05, 0) is 43.5 Å². The second-order valence-corrected chi connectivity index (χ2v) is 10.2. The number of rotatable bonds is 8. The molecule has 0 saturated carbocycles. The summed E-state index contributed by atoms with van der Waals surface area (Å²) >= 11 is 0. The van der Waals surface area contributed by atoms with Crippen molar-refractivity contribution in [2.45, 2.75) is 31.7 Å². The highest BCUT2D eigenvalue weighted by atomic mass is 32.2. The molecule has 0 aliphatic heterocycles. The van der Waals surface area contributed by atoms with Gasteiger partial charge in [0.15, 0.2) is 0 Å². The lowest BCUT2D eigenvalue weighted by molar-refractivity contribution is 0.0954. The van der Waals surface area contributed by atoms with E-state index in [9.17, 15) is 13.2 Å². The number of carbonyl (C=O) groups excluding carboxylic acids is 1. The number of sulfonamides is 1. The van der Waals surface area contributed by atoms with Crippen molar-refractivity contribution >= 4 is 15.9 Å². The Bertz CT molecular complexity index is 1420. The quantitative estimate of drug-likeness (QED) is 0.393. The normalized spacial score (nSPS) is 11.4. The van der Waals surface area contributed by atoms with E-state index in [0.29, 0.717) is 30.8 Å². The first kappa shape index (κ1) is 24.4. The van der Waals surface area contributed by atoms with E-state index in [1.54, 1.807) is 23.0 Å². The number of aromatic nitrogens is 2. The third-order valence-electron chi connectivity index (χ3n) is 5.75. The van der Waals surface area contributed by atoms with Gasteiger partial charge in [0.2, 0.25) is 10.0 Å². The van der Waals surface area contributed by atoms with Crippen LogP contribution in [-0.4, -0.2) is 30.7 Å². The number of amides is 1. The molecule has 0 spiro atoms. The molecule has 0 unspecified atom stereocenters. The van der Waals surface area contributed by atoms with Gasteiger partial charge in [0.05, 0.1) is 17.0 Å². The van der Waals surface area contributed by atoms with E-state index in [-0.39, 0.29) is 10.8 Å². The minimum absolute atomic E-state index is 0.0639. The summed E-state index contributed by atoms with van der Waals surface area (Å²) in [5, 5.41) is 12.8. The molecule has 35 heavy (non-hydrogen) atoms. The number of nitrogens with zero attached hydrogens (tertiary/aromatic N) is 2. The first-order valence-corrected chi connectivity index (χ1v) is 12.8. The molecular weight excluding hydrogens is 460 g/mol. The monoisotopic (exact) mass is 488 g/mol. The van der Waals surface area contributed by atoms with E-state index in [1.165, 1.54) is 17.7 Å². The molecule has 1 aromatic heterocycles. The maximum Gasteiger partial charge on any atom is 0.255 e. The van der Waals surface area contributed by atoms with Gasteiger partial charge in [-0.2, -0.15) is 5.10 Å². The van der Waals surface area contributed by atoms with E-state index in [1.807, 2.05) is 38.1 Å². The highest BCUT2D eigenvalue weighted by Crippen LogP contribution is 2.23. The molecule has 0 aliphatic rings. The summed E-state index contributed by atoms with van der Waals surface area (Å²) in [7, 11) is -3.73. The van der Waals surface area contributed by atoms with Crippen LogP contribution in [-0.2, 0) is 23.0 Å². The van der Waals surface area contributed by atoms with Crippen LogP contribution in [0.25, 0.3) is 11.3 Å². The highest BCUT2D eigenvalue weighted by Gasteiger charge is 2.18. The second-order valence-electron chi connectivity index (χ2n) is 8.64. The summed E-state index contributed by atoms with van der Waals surface area (Å²) in [6.45, 7) is 5.01. The third-order valence-corrected chi connectivity index (χ3v) is 6.68. The zero-order valence-corrected chi connectivity index (χ0v) is 20.5. The molecule has 4 aromatic rings. The summed E-state index contributed by atoms with van der Waals surface area (Å²) < 4.78 is 24.6. The molecule has 3 N–H and O–H groups in total. The minimum atomic E-state index is -3.73. The Kier molecular flexibility index (Phi) is 7.14. The van der Waals surface area contributed by atoms with Crippen molar-refractivity contribution in [1.82, 2.24) is 15.1 Å². The summed E-state index contributed by atoms with van der Waals surface area (Å²) in [4.78, 5) is 13.2. The predicted molar refractivity (Wildman–Crippen MR) is 137 cm³/mol. The fourth-order valence-electron chi connectivity index (χ4n) is 3.74. The second kappa shape index (κ2) is 10.2. The smallest absolute Gasteiger partial charge is 0.255 e. The van der Waals surface area contributed by atoms with Crippen LogP contribution in [0.15, 0.2) is 83.9 Å². The number of nitrogens with one attached hydrogen (secondary N) is 1. The highest BCUT2D eigenvalue weighted by molar-refractivity contribution is 7.89. The van der Waals surface area contributed by atoms with Gasteiger partial charge in [0.25, 0.3) is 5.91 Å². The maximum atomic E-state index is 13.1. The average molecular weight is 489 g/mol. The molecule has 7 nitrogen and oxygen atoms in total. The van der Waals surface area contributed by atoms with Gasteiger partial charge in [-0.3, -0.25) is 9.48 Å². The molecule has 3 aromatic carbocycles. The van der Waals surface area contributed by atoms with Crippen LogP contribution < -0.4 is 10.5 Å². The van der Waals surface area contributed by atoms with E-state index >= 15 is 0 Å². The van der Waals surface area contributed by atoms with E-state index in [0.717, 1.165) is 22.3 Å². The molecule has 0 atom stereocenters. The molecule has 1 heterocycles. The number of hydrogen-bond donors (Lipinski definition) is 2. The van der Waals surface area contributed by atoms with Crippen LogP contribution in [0.5, 0.6) is 0 Å². The fourth-order valence-corrected chi connectivity index (χ4v) is 4.25. The summed E-state index contributed by atoms with van der Waals surface area (Å²) in [6, 6.07) is 22.5. The Labute approximate surface area is 205 Å². The molecule has 8 heteroatoms. The molecule has 180 valence electrons. The van der Waals surface area contributed by atoms with Gasteiger partial charge in [0.1, 0.15) is 5.69 Å². The number of carbonyl (C=O) groups is 1. The van der Waals surface area contributed by atoms with Gasteiger partial charge in [0, 0.05) is 18.3 Å². The Balaban J connectivity index is 1.51. The van der Waals surface area contributed by atoms with Crippen LogP contribution in [0.4, 0.5) is 0 Å². The number of aryl methyl sites for hydroxylation is 2. The van der Waals surface area contributed by atoms with Gasteiger partial charge in [-0.25, -0.2) is 13.6 Å². The zero-order valence-electron chi connectivity index (χ0n) is 19.7. The molecule has 0 fully saturated rings. The van der Waals surface area contributed by atoms with Crippen molar-refractivity contribution in [3.63, 3.8) is 0 Å². The van der Waals surface area contributed by atoms with E-state index in [4.69, 9.17) is 10.2 Å². The molecule has 4 rings (SSSR count). The topological polar surface area (TPSA) is 107 Å². The van der Waals surface area contributed by atoms with Crippen LogP contribution >= 0.6 is 0 Å². The van der Waals surface area contributed by atoms with Crippen molar-refractivity contribution in [2.75, 3.05) is 6.54 Å². The molecule has 1 amide bonds. The number of primary sulfonamides is 1. The Morgan fingerprint density at radius 3 is 2.06 bits per heavy atom. The summed E-state index contributed by atoms with van der Waals surface area (Å²) in [5.74, 6) is -0.211. The lowest BCUT2D eigenvalue weighted by Crippen LogP contribution is -2.26. The first-order chi connectivity index (χ1) is 16.7. The van der Waals surface area contributed by atoms with Crippen LogP contribution in [0, 0.1) is 13.8 Å². The first-order valence-electron chi connectivity index (χ1n) is 11.3. The van der Waals surface area contributed by atoms with Gasteiger partial charge in [-0.1, -0.05) is 71.8 Å². The van der Waals surface area contributed by atoms with Crippen molar-refractivity contribution < 1.29 is 13.2 Å². The Hall–Kier alpha value is -3.75. The Morgan fingerprint density at radius 1 is 0.886 bits per heavy atom. The van der Waals surface area contributed by atoms with Crippen molar-refractivity contribution in [2.24, 2.45) is 5.14 Å². The molecule has 0 bridgehead atoms. The largest absolute Gasteiger partial charge is 0.352 e. The van der Waals surface area contributed by atoms with Crippen LogP contribution in [0.2, 0.25) is 0 Å². The van der Waals surface area contributed by atoms with Crippen molar-refractivity contribution in [3.05, 3.63) is 107 Å². The van der Waals surface area contributed by atoms with Crippen LogP contribution in [0.3, 0.4) is 0 Å². The third kappa shape index (κ3) is 6.23. The SMILES string of the molecule is Cc1ccc(Cn2cc(C(=O)NCCc3ccc(S(N)(=O)=O)cc3)c(-c3ccc(C)cc3)n2)cc1. The van der Waals surface area contributed by atoms with Crippen molar-refractivity contribution in [3.8, 4) is 11.3 Å². The minimum Gasteiger partial charge on any atom is -0.352 e. The predicted octanol–water partition coefficient (Wildman–Crippen LogP) is 3.84. The number of nitrogens with two attached hydrogens (primary N) is 1. The van der Waals surface area contributed by atoms with Gasteiger partial charge in [-0.15, -0.1) is 0 Å². The molecular formula is C27H28N4O3S. The van der Waals surface area contributed by atoms with Gasteiger partial charge < -0.3 is 5.32 Å². The lowest BCUT2D eigenvalue weighted by atomic mass is 10.1. The molecule has 0 aliphatic carbocycles. The molecule has 0 saturated heterocycles. The van der Waals surface area contributed by atoms with Crippen molar-refractivity contribution in [1.29, 1.82) is 0 Å². The number of hydrogen-bond acceptors (Lipinski definition) is 4. The fraction of sp³-hybridized carbons (Fsp3) is 0.185. The lowest BCUT2D eigenvalue weighted by Gasteiger charge is -2.07. The van der Waals surface area contributed by atoms with Crippen LogP contribution in [0.1, 0.15) is 32.6 Å². The van der Waals surface area contributed by atoms with E-state index in [2.05, 4.69) is 29.6 Å². The maximum absolute atomic E-state index is 13.1. The van der Waals surface area contributed by atoms with E-state index < -0.39 is 10.0 Å². The Morgan fingerprint density at radius 2 is 1.46 bits per heavy atom. The average Bonchev–Trinajstić information content (AvgIpc) is 3.24. The molecule has 0 radical (unpaired) electrons. The van der Waals surface area contributed by atoms with Gasteiger partial charge >= 0.3 is 0 Å². The zero-order chi connectivity index (χ0) is 25.0. The number of benzene rings is 3. The summed E-state index contributed by atoms with van der Waals surface area (Å²) in [5.41, 5.74) is 6.33.